The van der Waals surface area contributed by atoms with E-state index in [2.05, 4.69) is 4.57 Å². The Morgan fingerprint density at radius 2 is 2.12 bits per heavy atom. The summed E-state index contributed by atoms with van der Waals surface area (Å²) >= 11 is 0. The predicted molar refractivity (Wildman–Crippen MR) is 55.3 cm³/mol. The van der Waals surface area contributed by atoms with Gasteiger partial charge in [-0.1, -0.05) is 0 Å². The number of carbonyl (C=O) groups is 1. The molecule has 2 rings (SSSR count). The Kier molecular flexibility index (Phi) is 2.69. The molecule has 0 radical (unpaired) electrons. The van der Waals surface area contributed by atoms with Crippen LogP contribution in [0, 0.1) is 6.92 Å². The number of rotatable bonds is 1. The predicted octanol–water partition coefficient (Wildman–Crippen LogP) is 1.96. The fraction of sp³-hybridized carbons (Fsp3) is 0.545. The molecule has 1 aromatic heterocycles. The van der Waals surface area contributed by atoms with E-state index in [9.17, 15) is 13.6 Å². The monoisotopic (exact) mass is 228 g/mol. The molecule has 3 nitrogen and oxygen atoms in total. The fourth-order valence-corrected chi connectivity index (χ4v) is 2.25. The summed E-state index contributed by atoms with van der Waals surface area (Å²) < 4.78 is 26.8. The number of hydrogen-bond donors (Lipinski definition) is 0. The number of carbonyl (C=O) groups excluding carboxylic acids is 1. The Morgan fingerprint density at radius 3 is 2.75 bits per heavy atom. The number of alkyl halides is 2. The standard InChI is InChI=1S/C11H14F2N2O/c1-7-3-4-9-8(2)15(6-5-14(7)9)11(16)10(12)13/h3-4,8,10H,5-6H2,1-2H3. The van der Waals surface area contributed by atoms with Crippen molar-refractivity contribution >= 4 is 5.91 Å². The van der Waals surface area contributed by atoms with Crippen LogP contribution >= 0.6 is 0 Å². The van der Waals surface area contributed by atoms with Crippen molar-refractivity contribution in [3.63, 3.8) is 0 Å². The molecule has 1 aliphatic heterocycles. The zero-order valence-corrected chi connectivity index (χ0v) is 9.28. The van der Waals surface area contributed by atoms with Crippen LogP contribution in [-0.2, 0) is 11.3 Å². The molecule has 16 heavy (non-hydrogen) atoms. The average Bonchev–Trinajstić information content (AvgIpc) is 2.61. The third kappa shape index (κ3) is 1.60. The van der Waals surface area contributed by atoms with Gasteiger partial charge in [-0.15, -0.1) is 0 Å². The van der Waals surface area contributed by atoms with Crippen molar-refractivity contribution in [1.29, 1.82) is 0 Å². The van der Waals surface area contributed by atoms with Crippen LogP contribution in [0.4, 0.5) is 8.78 Å². The van der Waals surface area contributed by atoms with Gasteiger partial charge < -0.3 is 9.47 Å². The van der Waals surface area contributed by atoms with Gasteiger partial charge >= 0.3 is 6.43 Å². The topological polar surface area (TPSA) is 25.2 Å². The maximum absolute atomic E-state index is 12.4. The van der Waals surface area contributed by atoms with Gasteiger partial charge in [-0.25, -0.2) is 0 Å². The minimum absolute atomic E-state index is 0.274. The minimum Gasteiger partial charge on any atom is -0.345 e. The molecule has 0 saturated carbocycles. The van der Waals surface area contributed by atoms with E-state index in [-0.39, 0.29) is 6.04 Å². The molecule has 88 valence electrons. The largest absolute Gasteiger partial charge is 0.345 e. The Morgan fingerprint density at radius 1 is 1.44 bits per heavy atom. The number of fused-ring (bicyclic) bond motifs is 1. The summed E-state index contributed by atoms with van der Waals surface area (Å²) in [7, 11) is 0. The van der Waals surface area contributed by atoms with Crippen molar-refractivity contribution in [1.82, 2.24) is 9.47 Å². The summed E-state index contributed by atoms with van der Waals surface area (Å²) in [6.07, 6.45) is -2.91. The lowest BCUT2D eigenvalue weighted by Crippen LogP contribution is -2.43. The van der Waals surface area contributed by atoms with E-state index in [0.717, 1.165) is 11.4 Å². The van der Waals surface area contributed by atoms with Crippen molar-refractivity contribution < 1.29 is 13.6 Å². The lowest BCUT2D eigenvalue weighted by atomic mass is 10.1. The molecule has 0 saturated heterocycles. The highest BCUT2D eigenvalue weighted by Gasteiger charge is 2.32. The quantitative estimate of drug-likeness (QED) is 0.721. The first-order valence-corrected chi connectivity index (χ1v) is 5.27. The van der Waals surface area contributed by atoms with Crippen molar-refractivity contribution in [2.24, 2.45) is 0 Å². The molecule has 0 fully saturated rings. The highest BCUT2D eigenvalue weighted by Crippen LogP contribution is 2.27. The van der Waals surface area contributed by atoms with Crippen molar-refractivity contribution in [3.05, 3.63) is 23.5 Å². The second-order valence-electron chi connectivity index (χ2n) is 4.06. The minimum atomic E-state index is -2.91. The van der Waals surface area contributed by atoms with Crippen LogP contribution in [0.3, 0.4) is 0 Å². The molecule has 1 atom stereocenters. The Labute approximate surface area is 92.7 Å². The van der Waals surface area contributed by atoms with E-state index in [1.807, 2.05) is 19.1 Å². The molecule has 0 aromatic carbocycles. The van der Waals surface area contributed by atoms with Crippen molar-refractivity contribution in [2.45, 2.75) is 32.9 Å². The number of hydrogen-bond acceptors (Lipinski definition) is 1. The summed E-state index contributed by atoms with van der Waals surface area (Å²) in [5.74, 6) is -1.07. The van der Waals surface area contributed by atoms with Crippen LogP contribution in [0.5, 0.6) is 0 Å². The highest BCUT2D eigenvalue weighted by molar-refractivity contribution is 5.79. The van der Waals surface area contributed by atoms with Crippen LogP contribution in [-0.4, -0.2) is 28.3 Å². The number of aromatic nitrogens is 1. The van der Waals surface area contributed by atoms with Crippen molar-refractivity contribution in [2.75, 3.05) is 6.54 Å². The van der Waals surface area contributed by atoms with Gasteiger partial charge in [0, 0.05) is 24.5 Å². The maximum Gasteiger partial charge on any atom is 0.315 e. The molecule has 1 unspecified atom stereocenters. The molecule has 0 N–H and O–H groups in total. The van der Waals surface area contributed by atoms with Gasteiger partial charge in [-0.2, -0.15) is 8.78 Å². The van der Waals surface area contributed by atoms with E-state index in [4.69, 9.17) is 0 Å². The summed E-state index contributed by atoms with van der Waals surface area (Å²) in [4.78, 5) is 12.5. The Bertz CT molecular complexity index is 414. The van der Waals surface area contributed by atoms with Gasteiger partial charge in [0.2, 0.25) is 0 Å². The zero-order chi connectivity index (χ0) is 11.9. The molecule has 0 aliphatic carbocycles. The molecule has 1 aliphatic rings. The lowest BCUT2D eigenvalue weighted by molar-refractivity contribution is -0.146. The molecule has 0 bridgehead atoms. The summed E-state index contributed by atoms with van der Waals surface area (Å²) in [5.41, 5.74) is 2.03. The van der Waals surface area contributed by atoms with Crippen molar-refractivity contribution in [3.8, 4) is 0 Å². The van der Waals surface area contributed by atoms with E-state index in [1.165, 1.54) is 4.90 Å². The SMILES string of the molecule is Cc1ccc2n1CCN(C(=O)C(F)F)C2C. The molecule has 1 amide bonds. The number of nitrogens with zero attached hydrogens (tertiary/aromatic N) is 2. The average molecular weight is 228 g/mol. The van der Waals surface area contributed by atoms with E-state index < -0.39 is 12.3 Å². The first-order chi connectivity index (χ1) is 7.52. The normalized spacial score (nSPS) is 20.1. The Hall–Kier alpha value is -1.39. The fourth-order valence-electron chi connectivity index (χ4n) is 2.25. The second kappa shape index (κ2) is 3.88. The Balaban J connectivity index is 2.28. The van der Waals surface area contributed by atoms with Gasteiger partial charge in [-0.3, -0.25) is 4.79 Å². The maximum atomic E-state index is 12.4. The summed E-state index contributed by atoms with van der Waals surface area (Å²) in [6.45, 7) is 4.70. The van der Waals surface area contributed by atoms with E-state index >= 15 is 0 Å². The molecular weight excluding hydrogens is 214 g/mol. The van der Waals surface area contributed by atoms with Crippen LogP contribution < -0.4 is 0 Å². The van der Waals surface area contributed by atoms with Crippen LogP contribution in [0.1, 0.15) is 24.4 Å². The third-order valence-corrected chi connectivity index (χ3v) is 3.16. The second-order valence-corrected chi connectivity index (χ2v) is 4.06. The number of halogens is 2. The molecule has 5 heteroatoms. The van der Waals surface area contributed by atoms with E-state index in [0.29, 0.717) is 13.1 Å². The van der Waals surface area contributed by atoms with Gasteiger partial charge in [-0.05, 0) is 26.0 Å². The molecular formula is C11H14F2N2O. The van der Waals surface area contributed by atoms with Gasteiger partial charge in [0.25, 0.3) is 5.91 Å². The molecule has 1 aromatic rings. The third-order valence-electron chi connectivity index (χ3n) is 3.16. The summed E-state index contributed by atoms with van der Waals surface area (Å²) in [6, 6.07) is 3.57. The van der Waals surface area contributed by atoms with E-state index in [1.54, 1.807) is 6.92 Å². The molecule has 2 heterocycles. The van der Waals surface area contributed by atoms with Crippen LogP contribution in [0.15, 0.2) is 12.1 Å². The first-order valence-electron chi connectivity index (χ1n) is 5.27. The smallest absolute Gasteiger partial charge is 0.315 e. The van der Waals surface area contributed by atoms with Gasteiger partial charge in [0.15, 0.2) is 0 Å². The number of amides is 1. The first kappa shape index (κ1) is 11.1. The zero-order valence-electron chi connectivity index (χ0n) is 9.28. The van der Waals surface area contributed by atoms with Gasteiger partial charge in [0.05, 0.1) is 6.04 Å². The lowest BCUT2D eigenvalue weighted by Gasteiger charge is -2.35. The summed E-state index contributed by atoms with van der Waals surface area (Å²) in [5, 5.41) is 0. The number of aryl methyl sites for hydroxylation is 1. The molecule has 0 spiro atoms. The van der Waals surface area contributed by atoms with Crippen LogP contribution in [0.2, 0.25) is 0 Å². The van der Waals surface area contributed by atoms with Gasteiger partial charge in [0.1, 0.15) is 0 Å². The highest BCUT2D eigenvalue weighted by atomic mass is 19.3. The van der Waals surface area contributed by atoms with Crippen LogP contribution in [0.25, 0.3) is 0 Å².